The first-order valence-electron chi connectivity index (χ1n) is 7.54. The van der Waals surface area contributed by atoms with Gasteiger partial charge < -0.3 is 15.6 Å². The lowest BCUT2D eigenvalue weighted by molar-refractivity contribution is 0.103. The van der Waals surface area contributed by atoms with Crippen LogP contribution in [0.3, 0.4) is 0 Å². The number of hydrogen-bond acceptors (Lipinski definition) is 4. The average Bonchev–Trinajstić information content (AvgIpc) is 3.26. The normalized spacial score (nSPS) is 10.8. The Hall–Kier alpha value is -2.83. The van der Waals surface area contributed by atoms with Gasteiger partial charge >= 0.3 is 0 Å². The first-order valence-corrected chi connectivity index (χ1v) is 8.80. The number of H-pyrrole nitrogens is 1. The predicted molar refractivity (Wildman–Crippen MR) is 103 cm³/mol. The fraction of sp³-hybridized carbons (Fsp3) is 0. The Morgan fingerprint density at radius 1 is 1.08 bits per heavy atom. The zero-order chi connectivity index (χ0) is 17.2. The minimum atomic E-state index is -0.167. The third-order valence-corrected chi connectivity index (χ3v) is 4.87. The van der Waals surface area contributed by atoms with Crippen LogP contribution in [0.2, 0.25) is 5.02 Å². The van der Waals surface area contributed by atoms with Gasteiger partial charge in [0, 0.05) is 28.5 Å². The second-order valence-corrected chi connectivity index (χ2v) is 6.70. The summed E-state index contributed by atoms with van der Waals surface area (Å²) in [7, 11) is 0. The molecule has 0 unspecified atom stereocenters. The zero-order valence-corrected chi connectivity index (χ0v) is 14.5. The van der Waals surface area contributed by atoms with E-state index in [1.165, 1.54) is 11.3 Å². The molecular weight excluding hydrogens is 356 g/mol. The molecule has 1 aromatic carbocycles. The second kappa shape index (κ2) is 6.58. The second-order valence-electron chi connectivity index (χ2n) is 5.35. The average molecular weight is 369 g/mol. The Kier molecular flexibility index (Phi) is 4.13. The molecule has 3 aromatic heterocycles. The number of benzene rings is 1. The van der Waals surface area contributed by atoms with Crippen molar-refractivity contribution in [1.29, 1.82) is 0 Å². The van der Waals surface area contributed by atoms with Crippen molar-refractivity contribution in [2.45, 2.75) is 0 Å². The maximum absolute atomic E-state index is 12.6. The van der Waals surface area contributed by atoms with Gasteiger partial charge in [0.2, 0.25) is 0 Å². The van der Waals surface area contributed by atoms with Gasteiger partial charge in [0.05, 0.1) is 11.4 Å². The van der Waals surface area contributed by atoms with E-state index in [0.717, 1.165) is 22.4 Å². The maximum atomic E-state index is 12.6. The van der Waals surface area contributed by atoms with Gasteiger partial charge in [-0.1, -0.05) is 11.6 Å². The van der Waals surface area contributed by atoms with Crippen LogP contribution in [0.15, 0.2) is 60.2 Å². The molecule has 0 aliphatic carbocycles. The zero-order valence-electron chi connectivity index (χ0n) is 12.9. The molecule has 4 aromatic rings. The fourth-order valence-electron chi connectivity index (χ4n) is 2.52. The summed E-state index contributed by atoms with van der Waals surface area (Å²) in [5.74, 6) is -0.167. The molecule has 0 saturated carbocycles. The Morgan fingerprint density at radius 2 is 1.92 bits per heavy atom. The highest BCUT2D eigenvalue weighted by atomic mass is 35.5. The van der Waals surface area contributed by atoms with Crippen molar-refractivity contribution in [1.82, 2.24) is 9.97 Å². The molecule has 5 nitrogen and oxygen atoms in total. The van der Waals surface area contributed by atoms with Crippen LogP contribution in [0.25, 0.3) is 11.0 Å². The molecule has 3 N–H and O–H groups in total. The Balaban J connectivity index is 1.59. The van der Waals surface area contributed by atoms with Crippen molar-refractivity contribution in [3.8, 4) is 0 Å². The molecular formula is C18H13ClN4OS. The summed E-state index contributed by atoms with van der Waals surface area (Å²) in [5, 5.41) is 9.69. The molecule has 25 heavy (non-hydrogen) atoms. The standard InChI is InChI=1S/C18H13ClN4OS/c19-11-1-3-12(4-2-11)22-18(24)16-15(7-10-25-16)23-14-6-9-21-17-13(14)5-8-20-17/h1-10H,(H,22,24)(H2,20,21,23). The number of fused-ring (bicyclic) bond motifs is 1. The van der Waals surface area contributed by atoms with E-state index in [-0.39, 0.29) is 5.91 Å². The van der Waals surface area contributed by atoms with Crippen molar-refractivity contribution >= 4 is 56.9 Å². The molecule has 7 heteroatoms. The molecule has 0 fully saturated rings. The number of aromatic amines is 1. The van der Waals surface area contributed by atoms with Gasteiger partial charge in [-0.2, -0.15) is 0 Å². The third-order valence-electron chi connectivity index (χ3n) is 3.70. The number of nitrogens with one attached hydrogen (secondary N) is 3. The molecule has 0 saturated heterocycles. The molecule has 0 bridgehead atoms. The number of nitrogens with zero attached hydrogens (tertiary/aromatic N) is 1. The number of aromatic nitrogens is 2. The van der Waals surface area contributed by atoms with Gasteiger partial charge in [-0.3, -0.25) is 4.79 Å². The van der Waals surface area contributed by atoms with Crippen LogP contribution in [0, 0.1) is 0 Å². The van der Waals surface area contributed by atoms with Crippen molar-refractivity contribution in [2.24, 2.45) is 0 Å². The van der Waals surface area contributed by atoms with Crippen molar-refractivity contribution in [3.63, 3.8) is 0 Å². The molecule has 0 aliphatic heterocycles. The van der Waals surface area contributed by atoms with Gasteiger partial charge in [-0.05, 0) is 47.8 Å². The van der Waals surface area contributed by atoms with E-state index in [0.29, 0.717) is 15.6 Å². The van der Waals surface area contributed by atoms with Crippen LogP contribution in [0.4, 0.5) is 17.1 Å². The smallest absolute Gasteiger partial charge is 0.267 e. The number of halogens is 1. The number of hydrogen-bond donors (Lipinski definition) is 3. The summed E-state index contributed by atoms with van der Waals surface area (Å²) in [6.07, 6.45) is 3.56. The van der Waals surface area contributed by atoms with Crippen LogP contribution in [0.5, 0.6) is 0 Å². The highest BCUT2D eigenvalue weighted by molar-refractivity contribution is 7.12. The minimum absolute atomic E-state index is 0.167. The molecule has 0 atom stereocenters. The Bertz CT molecular complexity index is 1040. The van der Waals surface area contributed by atoms with E-state index in [1.807, 2.05) is 29.8 Å². The summed E-state index contributed by atoms with van der Waals surface area (Å²) < 4.78 is 0. The van der Waals surface area contributed by atoms with E-state index in [4.69, 9.17) is 11.6 Å². The molecule has 3 heterocycles. The summed E-state index contributed by atoms with van der Waals surface area (Å²) in [6, 6.07) is 12.7. The van der Waals surface area contributed by atoms with Gasteiger partial charge in [-0.25, -0.2) is 4.98 Å². The van der Waals surface area contributed by atoms with E-state index in [9.17, 15) is 4.79 Å². The van der Waals surface area contributed by atoms with Crippen LogP contribution >= 0.6 is 22.9 Å². The number of anilines is 3. The molecule has 124 valence electrons. The van der Waals surface area contributed by atoms with Crippen LogP contribution in [-0.2, 0) is 0 Å². The molecule has 0 spiro atoms. The minimum Gasteiger partial charge on any atom is -0.354 e. The Labute approximate surface area is 152 Å². The van der Waals surface area contributed by atoms with Crippen molar-refractivity contribution in [3.05, 3.63) is 70.1 Å². The first kappa shape index (κ1) is 15.7. The third kappa shape index (κ3) is 3.22. The van der Waals surface area contributed by atoms with Crippen LogP contribution in [-0.4, -0.2) is 15.9 Å². The number of pyridine rings is 1. The fourth-order valence-corrected chi connectivity index (χ4v) is 3.39. The predicted octanol–water partition coefficient (Wildman–Crippen LogP) is 5.27. The van der Waals surface area contributed by atoms with E-state index >= 15 is 0 Å². The monoisotopic (exact) mass is 368 g/mol. The van der Waals surface area contributed by atoms with Gasteiger partial charge in [0.1, 0.15) is 10.5 Å². The van der Waals surface area contributed by atoms with Gasteiger partial charge in [-0.15, -0.1) is 11.3 Å². The van der Waals surface area contributed by atoms with Crippen LogP contribution in [0.1, 0.15) is 9.67 Å². The number of rotatable bonds is 4. The number of carbonyl (C=O) groups excluding carboxylic acids is 1. The largest absolute Gasteiger partial charge is 0.354 e. The lowest BCUT2D eigenvalue weighted by Crippen LogP contribution is -2.11. The number of amides is 1. The molecule has 0 aliphatic rings. The highest BCUT2D eigenvalue weighted by Crippen LogP contribution is 2.30. The topological polar surface area (TPSA) is 69.8 Å². The summed E-state index contributed by atoms with van der Waals surface area (Å²) >= 11 is 7.26. The number of carbonyl (C=O) groups is 1. The van der Waals surface area contributed by atoms with Crippen molar-refractivity contribution < 1.29 is 4.79 Å². The molecule has 1 amide bonds. The molecule has 4 rings (SSSR count). The van der Waals surface area contributed by atoms with Crippen molar-refractivity contribution in [2.75, 3.05) is 10.6 Å². The SMILES string of the molecule is O=C(Nc1ccc(Cl)cc1)c1sccc1Nc1ccnc2[nH]ccc12. The quantitative estimate of drug-likeness (QED) is 0.459. The van der Waals surface area contributed by atoms with Gasteiger partial charge in [0.15, 0.2) is 0 Å². The van der Waals surface area contributed by atoms with Gasteiger partial charge in [0.25, 0.3) is 5.91 Å². The first-order chi connectivity index (χ1) is 12.2. The van der Waals surface area contributed by atoms with E-state index in [1.54, 1.807) is 30.5 Å². The van der Waals surface area contributed by atoms with E-state index < -0.39 is 0 Å². The Morgan fingerprint density at radius 3 is 2.76 bits per heavy atom. The number of thiophene rings is 1. The summed E-state index contributed by atoms with van der Waals surface area (Å²) in [6.45, 7) is 0. The molecule has 0 radical (unpaired) electrons. The maximum Gasteiger partial charge on any atom is 0.267 e. The van der Waals surface area contributed by atoms with Crippen LogP contribution < -0.4 is 10.6 Å². The summed E-state index contributed by atoms with van der Waals surface area (Å²) in [4.78, 5) is 20.5. The lowest BCUT2D eigenvalue weighted by atomic mass is 10.2. The summed E-state index contributed by atoms with van der Waals surface area (Å²) in [5.41, 5.74) is 3.15. The van der Waals surface area contributed by atoms with E-state index in [2.05, 4.69) is 20.6 Å². The highest BCUT2D eigenvalue weighted by Gasteiger charge is 2.15. The lowest BCUT2D eigenvalue weighted by Gasteiger charge is -2.09.